The van der Waals surface area contributed by atoms with Gasteiger partial charge < -0.3 is 15.2 Å². The monoisotopic (exact) mass is 258 g/mol. The van der Waals surface area contributed by atoms with Crippen LogP contribution in [-0.4, -0.2) is 12.1 Å². The molecule has 0 unspecified atom stereocenters. The molecule has 0 aliphatic heterocycles. The van der Waals surface area contributed by atoms with Gasteiger partial charge in [-0.15, -0.1) is 0 Å². The number of nitrogens with two attached hydrogens (primary N) is 1. The van der Waals surface area contributed by atoms with E-state index in [0.29, 0.717) is 19.0 Å². The van der Waals surface area contributed by atoms with Crippen molar-refractivity contribution in [3.63, 3.8) is 0 Å². The first kappa shape index (κ1) is 13.4. The Morgan fingerprint density at radius 3 is 2.74 bits per heavy atom. The van der Waals surface area contributed by atoms with Crippen molar-refractivity contribution < 1.29 is 9.47 Å². The Balaban J connectivity index is 2.03. The number of rotatable bonds is 5. The van der Waals surface area contributed by atoms with E-state index in [1.165, 1.54) is 0 Å². The van der Waals surface area contributed by atoms with Crippen LogP contribution in [-0.2, 0) is 13.2 Å². The van der Waals surface area contributed by atoms with Crippen molar-refractivity contribution in [3.05, 3.63) is 53.2 Å². The Bertz CT molecular complexity index is 556. The van der Waals surface area contributed by atoms with Crippen LogP contribution in [0.15, 0.2) is 36.4 Å². The number of hydrogen-bond acceptors (Lipinski definition) is 4. The van der Waals surface area contributed by atoms with E-state index in [9.17, 15) is 0 Å². The number of benzene rings is 1. The smallest absolute Gasteiger partial charge is 0.213 e. The second-order valence-electron chi connectivity index (χ2n) is 4.24. The maximum atomic E-state index is 5.66. The number of hydrogen-bond donors (Lipinski definition) is 1. The lowest BCUT2D eigenvalue weighted by Crippen LogP contribution is -2.03. The maximum Gasteiger partial charge on any atom is 0.213 e. The Kier molecular flexibility index (Phi) is 4.36. The summed E-state index contributed by atoms with van der Waals surface area (Å²) >= 11 is 0. The molecule has 0 fully saturated rings. The molecule has 0 spiro atoms. The summed E-state index contributed by atoms with van der Waals surface area (Å²) in [6.07, 6.45) is 0. The molecule has 0 saturated carbocycles. The number of pyridine rings is 1. The minimum Gasteiger partial charge on any atom is -0.497 e. The molecule has 100 valence electrons. The molecule has 2 rings (SSSR count). The highest BCUT2D eigenvalue weighted by molar-refractivity contribution is 5.29. The highest BCUT2D eigenvalue weighted by atomic mass is 16.5. The van der Waals surface area contributed by atoms with E-state index in [1.807, 2.05) is 43.3 Å². The van der Waals surface area contributed by atoms with E-state index in [1.54, 1.807) is 7.11 Å². The van der Waals surface area contributed by atoms with E-state index in [4.69, 9.17) is 15.2 Å². The van der Waals surface area contributed by atoms with E-state index < -0.39 is 0 Å². The molecule has 1 heterocycles. The van der Waals surface area contributed by atoms with E-state index in [-0.39, 0.29) is 0 Å². The SMILES string of the molecule is COc1cccc(COc2ccc(CN)c(C)n2)c1. The normalized spacial score (nSPS) is 10.3. The number of aromatic nitrogens is 1. The third kappa shape index (κ3) is 3.45. The van der Waals surface area contributed by atoms with Crippen LogP contribution in [0.3, 0.4) is 0 Å². The van der Waals surface area contributed by atoms with Crippen molar-refractivity contribution in [1.29, 1.82) is 0 Å². The number of methoxy groups -OCH3 is 1. The van der Waals surface area contributed by atoms with Crippen LogP contribution in [0.4, 0.5) is 0 Å². The Hall–Kier alpha value is -2.07. The molecular weight excluding hydrogens is 240 g/mol. The number of aryl methyl sites for hydroxylation is 1. The van der Waals surface area contributed by atoms with Crippen molar-refractivity contribution in [2.75, 3.05) is 7.11 Å². The lowest BCUT2D eigenvalue weighted by molar-refractivity contribution is 0.292. The van der Waals surface area contributed by atoms with E-state index in [0.717, 1.165) is 22.6 Å². The Morgan fingerprint density at radius 2 is 2.05 bits per heavy atom. The molecule has 1 aromatic heterocycles. The largest absolute Gasteiger partial charge is 0.497 e. The lowest BCUT2D eigenvalue weighted by Gasteiger charge is -2.09. The molecule has 2 aromatic rings. The highest BCUT2D eigenvalue weighted by Crippen LogP contribution is 2.16. The van der Waals surface area contributed by atoms with Gasteiger partial charge in [-0.05, 0) is 30.2 Å². The van der Waals surface area contributed by atoms with Gasteiger partial charge in [-0.1, -0.05) is 18.2 Å². The third-order valence-electron chi connectivity index (χ3n) is 2.91. The highest BCUT2D eigenvalue weighted by Gasteiger charge is 2.02. The van der Waals surface area contributed by atoms with Gasteiger partial charge in [0.25, 0.3) is 0 Å². The Labute approximate surface area is 113 Å². The van der Waals surface area contributed by atoms with Gasteiger partial charge in [0.1, 0.15) is 12.4 Å². The van der Waals surface area contributed by atoms with Crippen molar-refractivity contribution in [3.8, 4) is 11.6 Å². The molecule has 0 bridgehead atoms. The molecule has 0 amide bonds. The Morgan fingerprint density at radius 1 is 1.21 bits per heavy atom. The first-order chi connectivity index (χ1) is 9.22. The van der Waals surface area contributed by atoms with Gasteiger partial charge >= 0.3 is 0 Å². The fourth-order valence-corrected chi connectivity index (χ4v) is 1.78. The van der Waals surface area contributed by atoms with Crippen LogP contribution < -0.4 is 15.2 Å². The summed E-state index contributed by atoms with van der Waals surface area (Å²) in [5, 5.41) is 0. The van der Waals surface area contributed by atoms with Crippen LogP contribution in [0.5, 0.6) is 11.6 Å². The second-order valence-corrected chi connectivity index (χ2v) is 4.24. The molecule has 2 N–H and O–H groups in total. The molecule has 0 aliphatic carbocycles. The van der Waals surface area contributed by atoms with Crippen LogP contribution in [0, 0.1) is 6.92 Å². The van der Waals surface area contributed by atoms with Crippen LogP contribution in [0.2, 0.25) is 0 Å². The van der Waals surface area contributed by atoms with Gasteiger partial charge in [0.15, 0.2) is 0 Å². The summed E-state index contributed by atoms with van der Waals surface area (Å²) < 4.78 is 10.8. The second kappa shape index (κ2) is 6.20. The summed E-state index contributed by atoms with van der Waals surface area (Å²) in [4.78, 5) is 4.37. The average Bonchev–Trinajstić information content (AvgIpc) is 2.45. The summed E-state index contributed by atoms with van der Waals surface area (Å²) in [5.74, 6) is 1.43. The fraction of sp³-hybridized carbons (Fsp3) is 0.267. The van der Waals surface area contributed by atoms with Gasteiger partial charge in [-0.2, -0.15) is 0 Å². The zero-order chi connectivity index (χ0) is 13.7. The van der Waals surface area contributed by atoms with Crippen LogP contribution >= 0.6 is 0 Å². The summed E-state index contributed by atoms with van der Waals surface area (Å²) in [5.41, 5.74) is 8.59. The van der Waals surface area contributed by atoms with Crippen molar-refractivity contribution in [1.82, 2.24) is 4.98 Å². The summed E-state index contributed by atoms with van der Waals surface area (Å²) in [6, 6.07) is 11.6. The lowest BCUT2D eigenvalue weighted by atomic mass is 10.2. The first-order valence-electron chi connectivity index (χ1n) is 6.15. The minimum atomic E-state index is 0.464. The zero-order valence-electron chi connectivity index (χ0n) is 11.2. The van der Waals surface area contributed by atoms with Crippen LogP contribution in [0.25, 0.3) is 0 Å². The zero-order valence-corrected chi connectivity index (χ0v) is 11.2. The molecule has 4 nitrogen and oxygen atoms in total. The topological polar surface area (TPSA) is 57.4 Å². The van der Waals surface area contributed by atoms with Crippen LogP contribution in [0.1, 0.15) is 16.8 Å². The summed E-state index contributed by atoms with van der Waals surface area (Å²) in [7, 11) is 1.65. The molecule has 4 heteroatoms. The van der Waals surface area contributed by atoms with Crippen molar-refractivity contribution in [2.45, 2.75) is 20.1 Å². The van der Waals surface area contributed by atoms with Gasteiger partial charge in [0.2, 0.25) is 5.88 Å². The molecule has 19 heavy (non-hydrogen) atoms. The average molecular weight is 258 g/mol. The molecule has 1 aromatic carbocycles. The number of ether oxygens (including phenoxy) is 2. The first-order valence-corrected chi connectivity index (χ1v) is 6.15. The summed E-state index contributed by atoms with van der Waals surface area (Å²) in [6.45, 7) is 2.89. The van der Waals surface area contributed by atoms with Gasteiger partial charge in [-0.3, -0.25) is 0 Å². The minimum absolute atomic E-state index is 0.464. The van der Waals surface area contributed by atoms with Crippen molar-refractivity contribution in [2.24, 2.45) is 5.73 Å². The van der Waals surface area contributed by atoms with E-state index >= 15 is 0 Å². The fourth-order valence-electron chi connectivity index (χ4n) is 1.78. The predicted molar refractivity (Wildman–Crippen MR) is 74.2 cm³/mol. The van der Waals surface area contributed by atoms with Gasteiger partial charge in [-0.25, -0.2) is 4.98 Å². The van der Waals surface area contributed by atoms with Gasteiger partial charge in [0, 0.05) is 18.3 Å². The molecule has 0 atom stereocenters. The van der Waals surface area contributed by atoms with Crippen molar-refractivity contribution >= 4 is 0 Å². The maximum absolute atomic E-state index is 5.66. The standard InChI is InChI=1S/C15H18N2O2/c1-11-13(9-16)6-7-15(17-11)19-10-12-4-3-5-14(8-12)18-2/h3-8H,9-10,16H2,1-2H3. The third-order valence-corrected chi connectivity index (χ3v) is 2.91. The predicted octanol–water partition coefficient (Wildman–Crippen LogP) is 2.44. The molecule has 0 saturated heterocycles. The molecular formula is C15H18N2O2. The van der Waals surface area contributed by atoms with Gasteiger partial charge in [0.05, 0.1) is 7.11 Å². The van der Waals surface area contributed by atoms with E-state index in [2.05, 4.69) is 4.98 Å². The quantitative estimate of drug-likeness (QED) is 0.895. The number of nitrogens with zero attached hydrogens (tertiary/aromatic N) is 1. The molecule has 0 radical (unpaired) electrons. The molecule has 0 aliphatic rings.